The molecular formula is C19H16ClN5O3. The minimum atomic E-state index is -1.07. The number of nitrogens with zero attached hydrogens (tertiary/aromatic N) is 5. The first kappa shape index (κ1) is 18.1. The number of benzene rings is 1. The van der Waals surface area contributed by atoms with Crippen LogP contribution < -0.4 is 5.56 Å². The molecule has 1 N–H and O–H groups in total. The van der Waals surface area contributed by atoms with Crippen LogP contribution in [-0.2, 0) is 4.79 Å². The predicted molar refractivity (Wildman–Crippen MR) is 105 cm³/mol. The molecule has 1 atom stereocenters. The predicted octanol–water partition coefficient (Wildman–Crippen LogP) is 3.04. The van der Waals surface area contributed by atoms with E-state index in [2.05, 4.69) is 15.3 Å². The summed E-state index contributed by atoms with van der Waals surface area (Å²) in [6, 6.07) is 7.88. The smallest absolute Gasteiger partial charge is 0.327 e. The van der Waals surface area contributed by atoms with Gasteiger partial charge in [0.15, 0.2) is 11.2 Å². The van der Waals surface area contributed by atoms with Gasteiger partial charge in [0.1, 0.15) is 11.6 Å². The van der Waals surface area contributed by atoms with Crippen LogP contribution in [0.2, 0.25) is 5.02 Å². The van der Waals surface area contributed by atoms with Crippen LogP contribution in [0.1, 0.15) is 19.9 Å². The minimum Gasteiger partial charge on any atom is -0.480 e. The van der Waals surface area contributed by atoms with Gasteiger partial charge in [-0.05, 0) is 29.7 Å². The summed E-state index contributed by atoms with van der Waals surface area (Å²) in [5.41, 5.74) is 2.11. The normalized spacial score (nSPS) is 12.7. The molecule has 9 heteroatoms. The highest BCUT2D eigenvalue weighted by molar-refractivity contribution is 6.30. The van der Waals surface area contributed by atoms with Gasteiger partial charge in [0.25, 0.3) is 5.56 Å². The van der Waals surface area contributed by atoms with Gasteiger partial charge in [0, 0.05) is 16.8 Å². The summed E-state index contributed by atoms with van der Waals surface area (Å²) >= 11 is 5.94. The van der Waals surface area contributed by atoms with Gasteiger partial charge in [-0.15, -0.1) is 10.2 Å². The lowest BCUT2D eigenvalue weighted by atomic mass is 10.0. The van der Waals surface area contributed by atoms with E-state index in [4.69, 9.17) is 11.6 Å². The van der Waals surface area contributed by atoms with Gasteiger partial charge in [-0.2, -0.15) is 5.10 Å². The Morgan fingerprint density at radius 3 is 2.50 bits per heavy atom. The Kier molecular flexibility index (Phi) is 4.35. The lowest BCUT2D eigenvalue weighted by Gasteiger charge is -2.19. The number of carboxylic acid groups (broad SMARTS) is 1. The molecule has 0 saturated carbocycles. The van der Waals surface area contributed by atoms with Crippen molar-refractivity contribution in [2.45, 2.75) is 19.9 Å². The first-order chi connectivity index (χ1) is 13.4. The number of aliphatic carboxylic acids is 1. The number of rotatable bonds is 4. The maximum absolute atomic E-state index is 12.9. The molecule has 4 aromatic rings. The highest BCUT2D eigenvalue weighted by Gasteiger charge is 2.26. The molecule has 8 nitrogen and oxygen atoms in total. The standard InChI is InChI=1S/C19H16ClN5O3/c1-10(2)16(19(27)28)24-8-7-14-15(18(24)26)22-23-17-13(9-21-25(14)17)11-3-5-12(20)6-4-11/h3-10,16H,1-2H3,(H,27,28)/t16-/m0/s1. The highest BCUT2D eigenvalue weighted by Crippen LogP contribution is 2.26. The first-order valence-electron chi connectivity index (χ1n) is 8.62. The Balaban J connectivity index is 1.93. The molecule has 0 radical (unpaired) electrons. The van der Waals surface area contributed by atoms with Crippen LogP contribution in [0.5, 0.6) is 0 Å². The van der Waals surface area contributed by atoms with Gasteiger partial charge in [0.2, 0.25) is 0 Å². The molecule has 0 fully saturated rings. The van der Waals surface area contributed by atoms with Gasteiger partial charge >= 0.3 is 5.97 Å². The van der Waals surface area contributed by atoms with E-state index < -0.39 is 17.6 Å². The lowest BCUT2D eigenvalue weighted by molar-refractivity contribution is -0.142. The first-order valence-corrected chi connectivity index (χ1v) is 9.00. The zero-order chi connectivity index (χ0) is 20.0. The van der Waals surface area contributed by atoms with Crippen molar-refractivity contribution in [2.24, 2.45) is 5.92 Å². The summed E-state index contributed by atoms with van der Waals surface area (Å²) in [5, 5.41) is 22.7. The van der Waals surface area contributed by atoms with Gasteiger partial charge < -0.3 is 5.11 Å². The Morgan fingerprint density at radius 1 is 1.14 bits per heavy atom. The maximum atomic E-state index is 12.9. The second kappa shape index (κ2) is 6.72. The van der Waals surface area contributed by atoms with E-state index in [0.29, 0.717) is 16.2 Å². The minimum absolute atomic E-state index is 0.0626. The van der Waals surface area contributed by atoms with Crippen molar-refractivity contribution < 1.29 is 9.90 Å². The van der Waals surface area contributed by atoms with E-state index in [1.807, 2.05) is 12.1 Å². The molecule has 3 heterocycles. The fraction of sp³-hybridized carbons (Fsp3) is 0.211. The topological polar surface area (TPSA) is 102 Å². The Hall–Kier alpha value is -3.26. The fourth-order valence-corrected chi connectivity index (χ4v) is 3.41. The quantitative estimate of drug-likeness (QED) is 0.567. The third kappa shape index (κ3) is 2.82. The summed E-state index contributed by atoms with van der Waals surface area (Å²) in [5.74, 6) is -1.35. The summed E-state index contributed by atoms with van der Waals surface area (Å²) in [7, 11) is 0. The molecule has 3 aromatic heterocycles. The van der Waals surface area contributed by atoms with Crippen molar-refractivity contribution in [3.63, 3.8) is 0 Å². The second-order valence-corrected chi connectivity index (χ2v) is 7.23. The third-order valence-electron chi connectivity index (χ3n) is 4.63. The zero-order valence-corrected chi connectivity index (χ0v) is 15.8. The average molecular weight is 398 g/mol. The summed E-state index contributed by atoms with van der Waals surface area (Å²) in [6.45, 7) is 3.49. The molecule has 0 bridgehead atoms. The molecule has 0 aliphatic heterocycles. The van der Waals surface area contributed by atoms with Gasteiger partial charge in [-0.1, -0.05) is 37.6 Å². The van der Waals surface area contributed by atoms with Crippen LogP contribution >= 0.6 is 11.6 Å². The summed E-state index contributed by atoms with van der Waals surface area (Å²) in [6.07, 6.45) is 3.11. The van der Waals surface area contributed by atoms with E-state index >= 15 is 0 Å². The molecule has 0 amide bonds. The summed E-state index contributed by atoms with van der Waals surface area (Å²) in [4.78, 5) is 24.5. The van der Waals surface area contributed by atoms with Crippen LogP contribution in [0.4, 0.5) is 0 Å². The number of carboxylic acids is 1. The average Bonchev–Trinajstić information content (AvgIpc) is 3.08. The Bertz CT molecular complexity index is 1260. The Morgan fingerprint density at radius 2 is 1.86 bits per heavy atom. The molecule has 4 rings (SSSR count). The van der Waals surface area contributed by atoms with Gasteiger partial charge in [0.05, 0.1) is 6.20 Å². The lowest BCUT2D eigenvalue weighted by Crippen LogP contribution is -2.33. The third-order valence-corrected chi connectivity index (χ3v) is 4.88. The highest BCUT2D eigenvalue weighted by atomic mass is 35.5. The second-order valence-electron chi connectivity index (χ2n) is 6.79. The van der Waals surface area contributed by atoms with Gasteiger partial charge in [-0.25, -0.2) is 9.31 Å². The molecule has 28 heavy (non-hydrogen) atoms. The van der Waals surface area contributed by atoms with Crippen molar-refractivity contribution >= 4 is 34.3 Å². The molecule has 0 aliphatic carbocycles. The van der Waals surface area contributed by atoms with Crippen molar-refractivity contribution in [1.82, 2.24) is 24.4 Å². The largest absolute Gasteiger partial charge is 0.480 e. The van der Waals surface area contributed by atoms with Crippen molar-refractivity contribution in [3.8, 4) is 11.1 Å². The van der Waals surface area contributed by atoms with Crippen LogP contribution in [0, 0.1) is 5.92 Å². The van der Waals surface area contributed by atoms with Gasteiger partial charge in [-0.3, -0.25) is 9.36 Å². The van der Waals surface area contributed by atoms with E-state index in [-0.39, 0.29) is 11.4 Å². The van der Waals surface area contributed by atoms with E-state index in [9.17, 15) is 14.7 Å². The van der Waals surface area contributed by atoms with Crippen LogP contribution in [0.15, 0.2) is 47.5 Å². The number of hydrogen-bond donors (Lipinski definition) is 1. The summed E-state index contributed by atoms with van der Waals surface area (Å²) < 4.78 is 2.71. The van der Waals surface area contributed by atoms with E-state index in [1.54, 1.807) is 38.2 Å². The van der Waals surface area contributed by atoms with Crippen LogP contribution in [-0.4, -0.2) is 35.5 Å². The van der Waals surface area contributed by atoms with Crippen LogP contribution in [0.3, 0.4) is 0 Å². The monoisotopic (exact) mass is 397 g/mol. The SMILES string of the molecule is CC(C)[C@@H](C(=O)O)n1ccc2c(nnc3c(-c4ccc(Cl)cc4)cnn32)c1=O. The molecule has 142 valence electrons. The maximum Gasteiger partial charge on any atom is 0.327 e. The van der Waals surface area contributed by atoms with Crippen molar-refractivity contribution in [3.05, 3.63) is 58.1 Å². The number of aromatic nitrogens is 5. The molecular weight excluding hydrogens is 382 g/mol. The van der Waals surface area contributed by atoms with E-state index in [0.717, 1.165) is 11.1 Å². The molecule has 0 unspecified atom stereocenters. The van der Waals surface area contributed by atoms with E-state index in [1.165, 1.54) is 15.3 Å². The number of pyridine rings is 1. The molecule has 0 spiro atoms. The zero-order valence-electron chi connectivity index (χ0n) is 15.1. The number of halogens is 1. The fourth-order valence-electron chi connectivity index (χ4n) is 3.28. The van der Waals surface area contributed by atoms with Crippen molar-refractivity contribution in [2.75, 3.05) is 0 Å². The number of fused-ring (bicyclic) bond motifs is 3. The van der Waals surface area contributed by atoms with Crippen LogP contribution in [0.25, 0.3) is 27.8 Å². The molecule has 0 aliphatic rings. The van der Waals surface area contributed by atoms with Crippen molar-refractivity contribution in [1.29, 1.82) is 0 Å². The molecule has 1 aromatic carbocycles. The number of carbonyl (C=O) groups is 1. The Labute approximate surface area is 164 Å². The number of hydrogen-bond acceptors (Lipinski definition) is 5. The molecule has 0 saturated heterocycles.